The highest BCUT2D eigenvalue weighted by Crippen LogP contribution is 2.29. The van der Waals surface area contributed by atoms with Gasteiger partial charge in [0.1, 0.15) is 18.1 Å². The number of carbonyl (C=O) groups is 2. The summed E-state index contributed by atoms with van der Waals surface area (Å²) in [5.41, 5.74) is -0.512. The molecule has 0 bridgehead atoms. The summed E-state index contributed by atoms with van der Waals surface area (Å²) in [5.74, 6) is -0.338. The zero-order valence-electron chi connectivity index (χ0n) is 13.8. The summed E-state index contributed by atoms with van der Waals surface area (Å²) in [5, 5.41) is 9.34. The van der Waals surface area contributed by atoms with Crippen LogP contribution < -0.4 is 0 Å². The molecule has 1 aromatic rings. The predicted molar refractivity (Wildman–Crippen MR) is 86.3 cm³/mol. The molecule has 0 aliphatic heterocycles. The van der Waals surface area contributed by atoms with Gasteiger partial charge >= 0.3 is 5.97 Å². The number of hydrogen-bond donors (Lipinski definition) is 1. The molecule has 0 aromatic heterocycles. The number of aromatic hydroxyl groups is 1. The first-order valence-corrected chi connectivity index (χ1v) is 7.21. The quantitative estimate of drug-likeness (QED) is 0.667. The smallest absolute Gasteiger partial charge is 0.330 e. The average Bonchev–Trinajstić information content (AvgIpc) is 2.41. The Morgan fingerprint density at radius 1 is 1.18 bits per heavy atom. The Morgan fingerprint density at radius 2 is 1.82 bits per heavy atom. The first-order chi connectivity index (χ1) is 10.0. The Bertz CT molecular complexity index is 577. The van der Waals surface area contributed by atoms with E-state index in [0.29, 0.717) is 5.56 Å². The molecule has 0 amide bonds. The predicted octanol–water partition coefficient (Wildman–Crippen LogP) is 3.59. The lowest BCUT2D eigenvalue weighted by molar-refractivity contribution is -0.147. The third-order valence-electron chi connectivity index (χ3n) is 3.15. The lowest BCUT2D eigenvalue weighted by Gasteiger charge is -2.29. The molecular weight excluding hydrogens is 280 g/mol. The molecule has 0 saturated heterocycles. The van der Waals surface area contributed by atoms with Gasteiger partial charge < -0.3 is 9.84 Å². The van der Waals surface area contributed by atoms with Crippen LogP contribution in [-0.4, -0.2) is 23.5 Å². The SMILES string of the molecule is CC(C)(C)C(=O)C(C)(C)COC(=O)/C=C/c1cccc(O)c1. The molecule has 4 nitrogen and oxygen atoms in total. The minimum absolute atomic E-state index is 0.0340. The van der Waals surface area contributed by atoms with Crippen molar-refractivity contribution in [1.29, 1.82) is 0 Å². The van der Waals surface area contributed by atoms with Crippen LogP contribution in [0.3, 0.4) is 0 Å². The summed E-state index contributed by atoms with van der Waals surface area (Å²) >= 11 is 0. The number of benzene rings is 1. The van der Waals surface area contributed by atoms with Crippen LogP contribution in [0.5, 0.6) is 5.75 Å². The number of carbonyl (C=O) groups excluding carboxylic acids is 2. The highest BCUT2D eigenvalue weighted by molar-refractivity contribution is 5.90. The van der Waals surface area contributed by atoms with Gasteiger partial charge in [0.05, 0.1) is 5.41 Å². The molecular formula is C18H24O4. The lowest BCUT2D eigenvalue weighted by Crippen LogP contribution is -2.38. The number of ketones is 1. The molecule has 0 spiro atoms. The van der Waals surface area contributed by atoms with E-state index in [-0.39, 0.29) is 18.1 Å². The van der Waals surface area contributed by atoms with Crippen LogP contribution in [0.15, 0.2) is 30.3 Å². The molecule has 0 aliphatic rings. The summed E-state index contributed by atoms with van der Waals surface area (Å²) in [7, 11) is 0. The zero-order chi connectivity index (χ0) is 17.0. The molecule has 0 fully saturated rings. The molecule has 120 valence electrons. The Kier molecular flexibility index (Phi) is 5.53. The van der Waals surface area contributed by atoms with Gasteiger partial charge in [0.2, 0.25) is 0 Å². The van der Waals surface area contributed by atoms with Gasteiger partial charge in [0, 0.05) is 11.5 Å². The first kappa shape index (κ1) is 18.0. The standard InChI is InChI=1S/C18H24O4/c1-17(2,3)16(21)18(4,5)12-22-15(20)10-9-13-7-6-8-14(19)11-13/h6-11,19H,12H2,1-5H3/b10-9+. The van der Waals surface area contributed by atoms with Crippen LogP contribution in [0.4, 0.5) is 0 Å². The molecule has 0 radical (unpaired) electrons. The van der Waals surface area contributed by atoms with E-state index >= 15 is 0 Å². The molecule has 1 N–H and O–H groups in total. The molecule has 4 heteroatoms. The van der Waals surface area contributed by atoms with Gasteiger partial charge in [-0.2, -0.15) is 0 Å². The van der Waals surface area contributed by atoms with Crippen LogP contribution in [0.25, 0.3) is 6.08 Å². The average molecular weight is 304 g/mol. The summed E-state index contributed by atoms with van der Waals surface area (Å²) in [6.45, 7) is 9.12. The van der Waals surface area contributed by atoms with E-state index in [1.807, 2.05) is 20.8 Å². The van der Waals surface area contributed by atoms with Crippen molar-refractivity contribution >= 4 is 17.8 Å². The van der Waals surface area contributed by atoms with E-state index < -0.39 is 16.8 Å². The summed E-state index contributed by atoms with van der Waals surface area (Å²) in [6, 6.07) is 6.54. The molecule has 0 heterocycles. The maximum atomic E-state index is 12.3. The second-order valence-corrected chi connectivity index (χ2v) is 7.00. The van der Waals surface area contributed by atoms with Crippen LogP contribution in [0.2, 0.25) is 0 Å². The van der Waals surface area contributed by atoms with Gasteiger partial charge in [-0.05, 0) is 37.6 Å². The fourth-order valence-electron chi connectivity index (χ4n) is 2.17. The Labute approximate surface area is 131 Å². The van der Waals surface area contributed by atoms with Gasteiger partial charge in [0.25, 0.3) is 0 Å². The number of rotatable bonds is 5. The Balaban J connectivity index is 2.61. The molecule has 0 atom stereocenters. The van der Waals surface area contributed by atoms with E-state index in [9.17, 15) is 14.7 Å². The van der Waals surface area contributed by atoms with E-state index in [2.05, 4.69) is 0 Å². The second kappa shape index (κ2) is 6.77. The van der Waals surface area contributed by atoms with Crippen molar-refractivity contribution in [3.05, 3.63) is 35.9 Å². The topological polar surface area (TPSA) is 63.6 Å². The highest BCUT2D eigenvalue weighted by Gasteiger charge is 2.36. The lowest BCUT2D eigenvalue weighted by atomic mass is 9.75. The largest absolute Gasteiger partial charge is 0.508 e. The van der Waals surface area contributed by atoms with Gasteiger partial charge in [-0.3, -0.25) is 4.79 Å². The highest BCUT2D eigenvalue weighted by atomic mass is 16.5. The van der Waals surface area contributed by atoms with Crippen molar-refractivity contribution < 1.29 is 19.4 Å². The number of ether oxygens (including phenoxy) is 1. The number of hydrogen-bond acceptors (Lipinski definition) is 4. The Morgan fingerprint density at radius 3 is 2.36 bits per heavy atom. The molecule has 0 unspecified atom stereocenters. The molecule has 0 saturated carbocycles. The maximum Gasteiger partial charge on any atom is 0.330 e. The van der Waals surface area contributed by atoms with Gasteiger partial charge in [-0.25, -0.2) is 4.79 Å². The maximum absolute atomic E-state index is 12.3. The monoisotopic (exact) mass is 304 g/mol. The van der Waals surface area contributed by atoms with Crippen molar-refractivity contribution in [2.75, 3.05) is 6.61 Å². The fraction of sp³-hybridized carbons (Fsp3) is 0.444. The number of esters is 1. The van der Waals surface area contributed by atoms with Crippen LogP contribution in [0, 0.1) is 10.8 Å². The van der Waals surface area contributed by atoms with Crippen LogP contribution in [-0.2, 0) is 14.3 Å². The minimum atomic E-state index is -0.729. The van der Waals surface area contributed by atoms with E-state index in [1.54, 1.807) is 38.1 Å². The van der Waals surface area contributed by atoms with Crippen molar-refractivity contribution in [2.24, 2.45) is 10.8 Å². The normalized spacial score (nSPS) is 12.4. The molecule has 22 heavy (non-hydrogen) atoms. The van der Waals surface area contributed by atoms with E-state index in [1.165, 1.54) is 12.1 Å². The van der Waals surface area contributed by atoms with Crippen LogP contribution >= 0.6 is 0 Å². The van der Waals surface area contributed by atoms with Crippen molar-refractivity contribution in [2.45, 2.75) is 34.6 Å². The molecule has 0 aliphatic carbocycles. The third-order valence-corrected chi connectivity index (χ3v) is 3.15. The minimum Gasteiger partial charge on any atom is -0.508 e. The van der Waals surface area contributed by atoms with Gasteiger partial charge in [-0.1, -0.05) is 32.9 Å². The van der Waals surface area contributed by atoms with E-state index in [0.717, 1.165) is 0 Å². The first-order valence-electron chi connectivity index (χ1n) is 7.21. The molecule has 1 rings (SSSR count). The fourth-order valence-corrected chi connectivity index (χ4v) is 2.17. The summed E-state index contributed by atoms with van der Waals surface area (Å²) < 4.78 is 5.17. The van der Waals surface area contributed by atoms with Crippen molar-refractivity contribution in [3.63, 3.8) is 0 Å². The summed E-state index contributed by atoms with van der Waals surface area (Å²) in [6.07, 6.45) is 2.84. The zero-order valence-corrected chi connectivity index (χ0v) is 13.8. The van der Waals surface area contributed by atoms with Gasteiger partial charge in [0.15, 0.2) is 0 Å². The second-order valence-electron chi connectivity index (χ2n) is 7.00. The number of phenols is 1. The number of phenolic OH excluding ortho intramolecular Hbond substituents is 1. The van der Waals surface area contributed by atoms with Gasteiger partial charge in [-0.15, -0.1) is 0 Å². The van der Waals surface area contributed by atoms with Crippen LogP contribution in [0.1, 0.15) is 40.2 Å². The molecule has 1 aromatic carbocycles. The number of Topliss-reactive ketones (excluding diaryl/α,β-unsaturated/α-hetero) is 1. The van der Waals surface area contributed by atoms with Crippen molar-refractivity contribution in [1.82, 2.24) is 0 Å². The van der Waals surface area contributed by atoms with Crippen molar-refractivity contribution in [3.8, 4) is 5.75 Å². The Hall–Kier alpha value is -2.10. The van der Waals surface area contributed by atoms with E-state index in [4.69, 9.17) is 4.74 Å². The third kappa shape index (κ3) is 5.35. The summed E-state index contributed by atoms with van der Waals surface area (Å²) in [4.78, 5) is 24.0.